The summed E-state index contributed by atoms with van der Waals surface area (Å²) in [6, 6.07) is 62.3. The molecule has 8 rings (SSSR count). The molecule has 0 spiro atoms. The van der Waals surface area contributed by atoms with Gasteiger partial charge in [0.15, 0.2) is 7.28 Å². The van der Waals surface area contributed by atoms with Crippen molar-refractivity contribution in [3.05, 3.63) is 239 Å². The van der Waals surface area contributed by atoms with Gasteiger partial charge in [-0.05, 0) is 127 Å². The Labute approximate surface area is 383 Å². The fourth-order valence-corrected chi connectivity index (χ4v) is 9.78. The van der Waals surface area contributed by atoms with E-state index < -0.39 is 0 Å². The van der Waals surface area contributed by atoms with Crippen molar-refractivity contribution in [2.75, 3.05) is 0 Å². The van der Waals surface area contributed by atoms with Crippen LogP contribution >= 0.6 is 0 Å². The van der Waals surface area contributed by atoms with E-state index in [1.807, 2.05) is 0 Å². The zero-order valence-electron chi connectivity index (χ0n) is 38.7. The van der Waals surface area contributed by atoms with Crippen LogP contribution in [0.1, 0.15) is 98.6 Å². The van der Waals surface area contributed by atoms with Crippen molar-refractivity contribution in [3.8, 4) is 16.8 Å². The predicted octanol–water partition coefficient (Wildman–Crippen LogP) is 16.2. The lowest BCUT2D eigenvalue weighted by molar-refractivity contribution is 0.537. The maximum absolute atomic E-state index is 2.43. The number of benzene rings is 7. The average Bonchev–Trinajstić information content (AvgIpc) is 3.68. The lowest BCUT2D eigenvalue weighted by atomic mass is 9.60. The molecule has 1 nitrogen and oxygen atoms in total. The second kappa shape index (κ2) is 20.7. The molecule has 0 saturated heterocycles. The first-order chi connectivity index (χ1) is 31.3. The largest absolute Gasteiger partial charge is 0.309 e. The van der Waals surface area contributed by atoms with E-state index in [0.717, 1.165) is 33.0 Å². The number of para-hydroxylation sites is 2. The van der Waals surface area contributed by atoms with E-state index in [1.54, 1.807) is 0 Å². The smallest absolute Gasteiger partial charge is 0.187 e. The Hall–Kier alpha value is -6.64. The van der Waals surface area contributed by atoms with Crippen LogP contribution in [0, 0.1) is 13.8 Å². The highest BCUT2D eigenvalue weighted by Gasteiger charge is 2.20. The maximum atomic E-state index is 2.43. The lowest BCUT2D eigenvalue weighted by Crippen LogP contribution is -2.22. The molecule has 0 aliphatic rings. The van der Waals surface area contributed by atoms with Gasteiger partial charge in [-0.1, -0.05) is 213 Å². The summed E-state index contributed by atoms with van der Waals surface area (Å²) in [4.78, 5) is 0. The Kier molecular flexibility index (Phi) is 14.2. The number of fused-ring (bicyclic) bond motifs is 3. The molecule has 64 heavy (non-hydrogen) atoms. The van der Waals surface area contributed by atoms with Gasteiger partial charge in [-0.2, -0.15) is 0 Å². The lowest BCUT2D eigenvalue weighted by Gasteiger charge is -2.20. The Morgan fingerprint density at radius 3 is 1.91 bits per heavy atom. The molecule has 0 fully saturated rings. The van der Waals surface area contributed by atoms with E-state index in [1.165, 1.54) is 94.1 Å². The van der Waals surface area contributed by atoms with Gasteiger partial charge < -0.3 is 4.57 Å². The van der Waals surface area contributed by atoms with Crippen molar-refractivity contribution in [3.63, 3.8) is 0 Å². The first-order valence-corrected chi connectivity index (χ1v) is 23.4. The third kappa shape index (κ3) is 9.93. The van der Waals surface area contributed by atoms with Crippen LogP contribution < -0.4 is 5.46 Å². The molecule has 0 radical (unpaired) electrons. The van der Waals surface area contributed by atoms with Crippen LogP contribution in [0.3, 0.4) is 0 Å². The van der Waals surface area contributed by atoms with Gasteiger partial charge in [0.25, 0.3) is 0 Å². The van der Waals surface area contributed by atoms with Crippen LogP contribution in [-0.4, -0.2) is 11.8 Å². The number of nitrogens with zero attached hydrogens (tertiary/aromatic N) is 1. The van der Waals surface area contributed by atoms with Crippen LogP contribution in [-0.2, 0) is 0 Å². The molecule has 0 amide bonds. The summed E-state index contributed by atoms with van der Waals surface area (Å²) in [7, 11) is 0.924. The third-order valence-electron chi connectivity index (χ3n) is 13.3. The number of hydrogen-bond acceptors (Lipinski definition) is 0. The molecule has 2 heteroatoms. The van der Waals surface area contributed by atoms with Crippen LogP contribution in [0.4, 0.5) is 0 Å². The van der Waals surface area contributed by atoms with E-state index >= 15 is 0 Å². The minimum atomic E-state index is 0.440. The molecule has 0 aliphatic carbocycles. The van der Waals surface area contributed by atoms with Gasteiger partial charge in [0, 0.05) is 16.5 Å². The molecule has 7 aromatic carbocycles. The average molecular weight is 832 g/mol. The third-order valence-corrected chi connectivity index (χ3v) is 13.3. The summed E-state index contributed by atoms with van der Waals surface area (Å²) < 4.78 is 2.43. The molecule has 0 saturated carbocycles. The minimum Gasteiger partial charge on any atom is -0.309 e. The first-order valence-electron chi connectivity index (χ1n) is 23.4. The Morgan fingerprint density at radius 2 is 1.25 bits per heavy atom. The number of aryl methyl sites for hydroxylation is 2. The number of allylic oxidation sites excluding steroid dienone is 8. The molecule has 8 aromatic rings. The van der Waals surface area contributed by atoms with Crippen molar-refractivity contribution in [2.45, 2.75) is 79.1 Å². The van der Waals surface area contributed by atoms with E-state index in [9.17, 15) is 0 Å². The van der Waals surface area contributed by atoms with Gasteiger partial charge in [0.1, 0.15) is 0 Å². The van der Waals surface area contributed by atoms with Crippen LogP contribution in [0.5, 0.6) is 0 Å². The van der Waals surface area contributed by atoms with Crippen molar-refractivity contribution in [2.24, 2.45) is 0 Å². The molecule has 0 N–H and O–H groups in total. The monoisotopic (exact) mass is 831 g/mol. The van der Waals surface area contributed by atoms with Gasteiger partial charge in [-0.3, -0.25) is 0 Å². The number of rotatable bonds is 16. The number of hydrogen-bond donors (Lipinski definition) is 0. The summed E-state index contributed by atoms with van der Waals surface area (Å²) in [5.41, 5.74) is 19.7. The van der Waals surface area contributed by atoms with Crippen LogP contribution in [0.2, 0.25) is 0 Å². The summed E-state index contributed by atoms with van der Waals surface area (Å²) in [5, 5.41) is 2.73. The summed E-state index contributed by atoms with van der Waals surface area (Å²) in [5.74, 6) is 0.961. The zero-order chi connectivity index (χ0) is 44.4. The zero-order valence-corrected chi connectivity index (χ0v) is 38.7. The standard InChI is InChI=1S/C62H62BN/c1-7-48(50-24-12-9-13-25-50)23-18-19-28-54(51-26-14-10-15-27-51)43-47(6)63-62-45(4)41-55(42-46(62)5)53-39-37-52(38-40-53)49(8-2)36-35-44(3)57-32-22-34-60-61(57)58-31-20-21-33-59(58)64(60)56-29-16-11-17-30-56/h7,9-18,20-34,37-44,49,63H,8,19,35-36H2,1-6H3/b23-18-,47-43-,48-7+,54-28+. The highest BCUT2D eigenvalue weighted by Crippen LogP contribution is 2.39. The normalized spacial score (nSPS) is 13.5. The van der Waals surface area contributed by atoms with E-state index in [4.69, 9.17) is 0 Å². The van der Waals surface area contributed by atoms with Gasteiger partial charge in [-0.15, -0.1) is 5.47 Å². The number of aromatic nitrogens is 1. The fourth-order valence-electron chi connectivity index (χ4n) is 9.78. The second-order valence-electron chi connectivity index (χ2n) is 17.7. The molecule has 318 valence electrons. The molecule has 2 unspecified atom stereocenters. The van der Waals surface area contributed by atoms with Crippen molar-refractivity contribution < 1.29 is 0 Å². The summed E-state index contributed by atoms with van der Waals surface area (Å²) in [6.45, 7) is 13.7. The quantitative estimate of drug-likeness (QED) is 0.0675. The van der Waals surface area contributed by atoms with Crippen molar-refractivity contribution in [1.82, 2.24) is 4.57 Å². The second-order valence-corrected chi connectivity index (χ2v) is 17.7. The molecule has 2 atom stereocenters. The topological polar surface area (TPSA) is 4.93 Å². The molecular formula is C62H62BN. The van der Waals surface area contributed by atoms with Gasteiger partial charge in [-0.25, -0.2) is 0 Å². The van der Waals surface area contributed by atoms with Gasteiger partial charge in [0.2, 0.25) is 0 Å². The van der Waals surface area contributed by atoms with E-state index in [0.29, 0.717) is 11.8 Å². The van der Waals surface area contributed by atoms with E-state index in [2.05, 4.69) is 246 Å². The van der Waals surface area contributed by atoms with Gasteiger partial charge >= 0.3 is 0 Å². The highest BCUT2D eigenvalue weighted by atomic mass is 15.0. The van der Waals surface area contributed by atoms with Crippen molar-refractivity contribution in [1.29, 1.82) is 0 Å². The summed E-state index contributed by atoms with van der Waals surface area (Å²) in [6.07, 6.45) is 15.7. The molecule has 0 aliphatic heterocycles. The van der Waals surface area contributed by atoms with Crippen LogP contribution in [0.15, 0.2) is 206 Å². The maximum Gasteiger partial charge on any atom is 0.187 e. The predicted molar refractivity (Wildman–Crippen MR) is 282 cm³/mol. The Morgan fingerprint density at radius 1 is 0.641 bits per heavy atom. The molecule has 1 heterocycles. The first kappa shape index (κ1) is 44.0. The van der Waals surface area contributed by atoms with Crippen LogP contribution in [0.25, 0.3) is 49.8 Å². The van der Waals surface area contributed by atoms with E-state index in [-0.39, 0.29) is 0 Å². The molecular weight excluding hydrogens is 770 g/mol. The fraction of sp³-hybridized carbons (Fsp3) is 0.194. The Balaban J connectivity index is 0.952. The van der Waals surface area contributed by atoms with Gasteiger partial charge in [0.05, 0.1) is 11.0 Å². The molecule has 0 bridgehead atoms. The summed E-state index contributed by atoms with van der Waals surface area (Å²) >= 11 is 0. The van der Waals surface area contributed by atoms with Crippen molar-refractivity contribution >= 4 is 45.7 Å². The Bertz CT molecular complexity index is 2920. The minimum absolute atomic E-state index is 0.440. The SMILES string of the molecule is C/C=C(\C=C/C/C=C(\C=C(\C)Bc1c(C)cc(-c2ccc(C(CC)CCC(C)c3cccc4c3c3ccccc3n4-c3ccccc3)cc2)cc1C)c1ccccc1)c1ccccc1. The highest BCUT2D eigenvalue weighted by molar-refractivity contribution is 6.62. The molecule has 1 aromatic heterocycles.